The summed E-state index contributed by atoms with van der Waals surface area (Å²) in [5.74, 6) is 0.704. The van der Waals surface area contributed by atoms with Crippen LogP contribution in [0.25, 0.3) is 77.7 Å². The lowest BCUT2D eigenvalue weighted by atomic mass is 9.81. The summed E-state index contributed by atoms with van der Waals surface area (Å²) >= 11 is 0. The molecule has 8 aromatic rings. The van der Waals surface area contributed by atoms with E-state index in [-0.39, 0.29) is 5.41 Å². The summed E-state index contributed by atoms with van der Waals surface area (Å²) in [5, 5.41) is 4.93. The number of aromatic nitrogens is 3. The summed E-state index contributed by atoms with van der Waals surface area (Å²) in [5.41, 5.74) is 12.7. The fourth-order valence-electron chi connectivity index (χ4n) is 7.43. The maximum absolute atomic E-state index is 5.16. The Labute approximate surface area is 274 Å². The van der Waals surface area contributed by atoms with E-state index in [9.17, 15) is 0 Å². The van der Waals surface area contributed by atoms with E-state index in [1.807, 2.05) is 42.7 Å². The van der Waals surface area contributed by atoms with Crippen LogP contribution in [0.4, 0.5) is 0 Å². The van der Waals surface area contributed by atoms with Crippen molar-refractivity contribution in [1.29, 1.82) is 0 Å². The molecule has 0 aliphatic heterocycles. The van der Waals surface area contributed by atoms with Gasteiger partial charge in [-0.15, -0.1) is 0 Å². The molecule has 0 spiro atoms. The van der Waals surface area contributed by atoms with Gasteiger partial charge >= 0.3 is 0 Å². The van der Waals surface area contributed by atoms with Gasteiger partial charge < -0.3 is 0 Å². The highest BCUT2D eigenvalue weighted by Gasteiger charge is 2.37. The van der Waals surface area contributed by atoms with Gasteiger partial charge in [-0.3, -0.25) is 4.98 Å². The Kier molecular flexibility index (Phi) is 6.16. The third kappa shape index (κ3) is 4.39. The van der Waals surface area contributed by atoms with Crippen LogP contribution in [0.15, 0.2) is 152 Å². The zero-order chi connectivity index (χ0) is 31.5. The van der Waals surface area contributed by atoms with E-state index in [4.69, 9.17) is 9.97 Å². The summed E-state index contributed by atoms with van der Waals surface area (Å²) in [6.07, 6.45) is 3.62. The molecular formula is C44H31N3. The molecule has 222 valence electrons. The highest BCUT2D eigenvalue weighted by molar-refractivity contribution is 6.08. The first kappa shape index (κ1) is 27.4. The average molecular weight is 602 g/mol. The molecule has 0 N–H and O–H groups in total. The predicted molar refractivity (Wildman–Crippen MR) is 194 cm³/mol. The smallest absolute Gasteiger partial charge is 0.160 e. The molecule has 1 aliphatic rings. The van der Waals surface area contributed by atoms with E-state index in [1.54, 1.807) is 0 Å². The molecule has 0 bridgehead atoms. The highest BCUT2D eigenvalue weighted by atomic mass is 14.9. The van der Waals surface area contributed by atoms with E-state index in [0.717, 1.165) is 33.5 Å². The second kappa shape index (κ2) is 10.6. The van der Waals surface area contributed by atoms with Gasteiger partial charge in [0.2, 0.25) is 0 Å². The van der Waals surface area contributed by atoms with E-state index in [1.165, 1.54) is 49.5 Å². The number of nitrogens with zero attached hydrogens (tertiary/aromatic N) is 3. The minimum Gasteiger partial charge on any atom is -0.265 e. The van der Waals surface area contributed by atoms with Crippen molar-refractivity contribution in [3.8, 4) is 56.2 Å². The van der Waals surface area contributed by atoms with Crippen LogP contribution in [0.2, 0.25) is 0 Å². The molecule has 2 aromatic heterocycles. The van der Waals surface area contributed by atoms with E-state index < -0.39 is 0 Å². The number of hydrogen-bond donors (Lipinski definition) is 0. The molecule has 0 radical (unpaired) electrons. The van der Waals surface area contributed by atoms with Crippen LogP contribution in [0.5, 0.6) is 0 Å². The standard InChI is InChI=1S/C44H31N3/c1-44(2)38-18-10-17-36(42(38)37-25-30-13-6-7-14-31(30)26-39(37)44)34-19-20-35(33-16-9-8-15-32(33)34)41-27-40(28-21-23-45-24-22-28)46-43(47-41)29-11-4-3-5-12-29/h3-27H,1-2H3. The van der Waals surface area contributed by atoms with Crippen LogP contribution in [0.3, 0.4) is 0 Å². The van der Waals surface area contributed by atoms with Crippen molar-refractivity contribution in [3.05, 3.63) is 163 Å². The predicted octanol–water partition coefficient (Wildman–Crippen LogP) is 11.2. The summed E-state index contributed by atoms with van der Waals surface area (Å²) in [7, 11) is 0. The largest absolute Gasteiger partial charge is 0.265 e. The molecule has 0 saturated carbocycles. The normalized spacial score (nSPS) is 13.1. The Morgan fingerprint density at radius 3 is 1.89 bits per heavy atom. The van der Waals surface area contributed by atoms with E-state index >= 15 is 0 Å². The maximum Gasteiger partial charge on any atom is 0.160 e. The van der Waals surface area contributed by atoms with Gasteiger partial charge in [-0.1, -0.05) is 123 Å². The quantitative estimate of drug-likeness (QED) is 0.201. The van der Waals surface area contributed by atoms with E-state index in [2.05, 4.69) is 128 Å². The van der Waals surface area contributed by atoms with Gasteiger partial charge in [-0.05, 0) is 85.3 Å². The van der Waals surface area contributed by atoms with Crippen LogP contribution in [-0.4, -0.2) is 15.0 Å². The van der Waals surface area contributed by atoms with E-state index in [0.29, 0.717) is 5.82 Å². The Hall–Kier alpha value is -5.93. The molecule has 2 heterocycles. The van der Waals surface area contributed by atoms with Gasteiger partial charge in [-0.25, -0.2) is 9.97 Å². The van der Waals surface area contributed by atoms with Crippen molar-refractivity contribution in [1.82, 2.24) is 15.0 Å². The van der Waals surface area contributed by atoms with Gasteiger partial charge in [0.15, 0.2) is 5.82 Å². The molecule has 0 unspecified atom stereocenters. The molecule has 6 aromatic carbocycles. The van der Waals surface area contributed by atoms with Crippen LogP contribution in [0, 0.1) is 0 Å². The van der Waals surface area contributed by atoms with Gasteiger partial charge in [0.05, 0.1) is 11.4 Å². The number of hydrogen-bond acceptors (Lipinski definition) is 3. The van der Waals surface area contributed by atoms with Gasteiger partial charge in [0.1, 0.15) is 0 Å². The van der Waals surface area contributed by atoms with Crippen molar-refractivity contribution in [2.45, 2.75) is 19.3 Å². The molecule has 1 aliphatic carbocycles. The number of pyridine rings is 1. The Balaban J connectivity index is 1.27. The second-order valence-electron chi connectivity index (χ2n) is 12.9. The Morgan fingerprint density at radius 2 is 1.11 bits per heavy atom. The minimum atomic E-state index is -0.0986. The second-order valence-corrected chi connectivity index (χ2v) is 12.9. The van der Waals surface area contributed by atoms with Gasteiger partial charge in [-0.2, -0.15) is 0 Å². The summed E-state index contributed by atoms with van der Waals surface area (Å²) in [6, 6.07) is 49.9. The van der Waals surface area contributed by atoms with Crippen LogP contribution < -0.4 is 0 Å². The minimum absolute atomic E-state index is 0.0986. The number of rotatable bonds is 4. The molecule has 9 rings (SSSR count). The lowest BCUT2D eigenvalue weighted by molar-refractivity contribution is 0.661. The molecule has 0 fully saturated rings. The molecule has 3 nitrogen and oxygen atoms in total. The molecule has 0 saturated heterocycles. The van der Waals surface area contributed by atoms with Crippen molar-refractivity contribution in [2.75, 3.05) is 0 Å². The van der Waals surface area contributed by atoms with Crippen LogP contribution in [0.1, 0.15) is 25.0 Å². The lowest BCUT2D eigenvalue weighted by Crippen LogP contribution is -2.14. The number of benzene rings is 6. The first-order valence-electron chi connectivity index (χ1n) is 16.1. The lowest BCUT2D eigenvalue weighted by Gasteiger charge is -2.22. The zero-order valence-corrected chi connectivity index (χ0v) is 26.3. The van der Waals surface area contributed by atoms with Gasteiger partial charge in [0.25, 0.3) is 0 Å². The fourth-order valence-corrected chi connectivity index (χ4v) is 7.43. The molecular weight excluding hydrogens is 571 g/mol. The monoisotopic (exact) mass is 601 g/mol. The molecule has 0 amide bonds. The average Bonchev–Trinajstić information content (AvgIpc) is 3.36. The Morgan fingerprint density at radius 1 is 0.447 bits per heavy atom. The van der Waals surface area contributed by atoms with Crippen molar-refractivity contribution in [3.63, 3.8) is 0 Å². The maximum atomic E-state index is 5.16. The van der Waals surface area contributed by atoms with Crippen LogP contribution >= 0.6 is 0 Å². The molecule has 47 heavy (non-hydrogen) atoms. The van der Waals surface area contributed by atoms with Crippen molar-refractivity contribution in [2.24, 2.45) is 0 Å². The zero-order valence-electron chi connectivity index (χ0n) is 26.3. The van der Waals surface area contributed by atoms with Gasteiger partial charge in [0, 0.05) is 34.5 Å². The summed E-state index contributed by atoms with van der Waals surface area (Å²) < 4.78 is 0. The number of fused-ring (bicyclic) bond motifs is 5. The highest BCUT2D eigenvalue weighted by Crippen LogP contribution is 2.54. The summed E-state index contributed by atoms with van der Waals surface area (Å²) in [4.78, 5) is 14.4. The Bertz CT molecular complexity index is 2420. The van der Waals surface area contributed by atoms with Crippen molar-refractivity contribution >= 4 is 21.5 Å². The molecule has 3 heteroatoms. The molecule has 0 atom stereocenters. The first-order chi connectivity index (χ1) is 23.1. The third-order valence-electron chi connectivity index (χ3n) is 9.79. The third-order valence-corrected chi connectivity index (χ3v) is 9.79. The first-order valence-corrected chi connectivity index (χ1v) is 16.1. The fraction of sp³-hybridized carbons (Fsp3) is 0.0682. The van der Waals surface area contributed by atoms with Crippen molar-refractivity contribution < 1.29 is 0 Å². The summed E-state index contributed by atoms with van der Waals surface area (Å²) in [6.45, 7) is 4.72. The van der Waals surface area contributed by atoms with Crippen LogP contribution in [-0.2, 0) is 5.41 Å². The SMILES string of the molecule is CC1(C)c2cc3ccccc3cc2-c2c(-c3ccc(-c4cc(-c5ccncc5)nc(-c5ccccc5)n4)c4ccccc34)cccc21. The topological polar surface area (TPSA) is 38.7 Å².